The van der Waals surface area contributed by atoms with E-state index in [0.29, 0.717) is 11.3 Å². The summed E-state index contributed by atoms with van der Waals surface area (Å²) < 4.78 is 4.44. The van der Waals surface area contributed by atoms with Gasteiger partial charge in [0.15, 0.2) is 5.78 Å². The molecule has 0 amide bonds. The highest BCUT2D eigenvalue weighted by Crippen LogP contribution is 2.09. The Morgan fingerprint density at radius 3 is 2.33 bits per heavy atom. The number of ketones is 1. The largest absolute Gasteiger partial charge is 0.469 e. The molecule has 4 nitrogen and oxygen atoms in total. The third-order valence-electron chi connectivity index (χ3n) is 2.02. The maximum atomic E-state index is 11.5. The molecule has 0 saturated heterocycles. The van der Waals surface area contributed by atoms with Crippen molar-refractivity contribution in [2.24, 2.45) is 0 Å². The lowest BCUT2D eigenvalue weighted by Crippen LogP contribution is -2.06. The van der Waals surface area contributed by atoms with Crippen molar-refractivity contribution >= 4 is 17.4 Å². The Morgan fingerprint density at radius 1 is 1.20 bits per heavy atom. The predicted molar refractivity (Wildman–Crippen MR) is 56.4 cm³/mol. The zero-order valence-corrected chi connectivity index (χ0v) is 8.53. The van der Waals surface area contributed by atoms with Crippen molar-refractivity contribution in [1.82, 2.24) is 0 Å². The topological polar surface area (TPSA) is 69.4 Å². The minimum absolute atomic E-state index is 0.0830. The molecule has 1 aromatic carbocycles. The number of methoxy groups -OCH3 is 1. The van der Waals surface area contributed by atoms with Gasteiger partial charge in [-0.2, -0.15) is 0 Å². The highest BCUT2D eigenvalue weighted by Gasteiger charge is 2.08. The molecule has 0 aliphatic carbocycles. The molecule has 0 aliphatic heterocycles. The monoisotopic (exact) mass is 207 g/mol. The zero-order valence-electron chi connectivity index (χ0n) is 8.53. The average molecular weight is 207 g/mol. The van der Waals surface area contributed by atoms with Crippen molar-refractivity contribution in [1.29, 1.82) is 0 Å². The number of esters is 1. The van der Waals surface area contributed by atoms with Gasteiger partial charge in [-0.3, -0.25) is 9.59 Å². The number of nitrogens with two attached hydrogens (primary N) is 1. The molecule has 15 heavy (non-hydrogen) atoms. The molecule has 0 fully saturated rings. The van der Waals surface area contributed by atoms with Crippen LogP contribution in [0.1, 0.15) is 23.2 Å². The molecule has 4 heteroatoms. The van der Waals surface area contributed by atoms with E-state index in [2.05, 4.69) is 4.74 Å². The van der Waals surface area contributed by atoms with Gasteiger partial charge in [0.25, 0.3) is 0 Å². The van der Waals surface area contributed by atoms with Gasteiger partial charge in [-0.25, -0.2) is 0 Å². The van der Waals surface area contributed by atoms with E-state index in [1.165, 1.54) is 7.11 Å². The molecule has 0 atom stereocenters. The van der Waals surface area contributed by atoms with Gasteiger partial charge in [-0.05, 0) is 24.3 Å². The average Bonchev–Trinajstić information content (AvgIpc) is 2.26. The second-order valence-corrected chi connectivity index (χ2v) is 3.12. The number of Topliss-reactive ketones (excluding diaryl/α,β-unsaturated/α-hetero) is 1. The number of hydrogen-bond acceptors (Lipinski definition) is 4. The highest BCUT2D eigenvalue weighted by molar-refractivity contribution is 5.97. The standard InChI is InChI=1S/C11H13NO3/c1-15-11(14)7-6-10(13)8-2-4-9(12)5-3-8/h2-5H,6-7,12H2,1H3. The minimum atomic E-state index is -0.376. The van der Waals surface area contributed by atoms with Gasteiger partial charge in [-0.15, -0.1) is 0 Å². The van der Waals surface area contributed by atoms with Gasteiger partial charge in [0.1, 0.15) is 0 Å². The zero-order chi connectivity index (χ0) is 11.3. The smallest absolute Gasteiger partial charge is 0.305 e. The maximum Gasteiger partial charge on any atom is 0.305 e. The number of hydrogen-bond donors (Lipinski definition) is 1. The first kappa shape index (κ1) is 11.2. The van der Waals surface area contributed by atoms with E-state index in [4.69, 9.17) is 5.73 Å². The van der Waals surface area contributed by atoms with E-state index in [1.54, 1.807) is 24.3 Å². The summed E-state index contributed by atoms with van der Waals surface area (Å²) in [6.07, 6.45) is 0.274. The van der Waals surface area contributed by atoms with Gasteiger partial charge >= 0.3 is 5.97 Å². The lowest BCUT2D eigenvalue weighted by atomic mass is 10.1. The number of nitrogen functional groups attached to an aromatic ring is 1. The normalized spacial score (nSPS) is 9.67. The fourth-order valence-corrected chi connectivity index (χ4v) is 1.13. The SMILES string of the molecule is COC(=O)CCC(=O)c1ccc(N)cc1. The molecule has 0 radical (unpaired) electrons. The van der Waals surface area contributed by atoms with Crippen molar-refractivity contribution in [3.05, 3.63) is 29.8 Å². The van der Waals surface area contributed by atoms with Crippen LogP contribution in [-0.2, 0) is 9.53 Å². The third kappa shape index (κ3) is 3.42. The Balaban J connectivity index is 2.54. The lowest BCUT2D eigenvalue weighted by Gasteiger charge is -2.00. The molecule has 0 aromatic heterocycles. The van der Waals surface area contributed by atoms with Crippen LogP contribution in [0.5, 0.6) is 0 Å². The van der Waals surface area contributed by atoms with Crippen LogP contribution in [0.4, 0.5) is 5.69 Å². The molecule has 0 unspecified atom stereocenters. The van der Waals surface area contributed by atoms with Crippen LogP contribution >= 0.6 is 0 Å². The van der Waals surface area contributed by atoms with E-state index in [1.807, 2.05) is 0 Å². The van der Waals surface area contributed by atoms with E-state index < -0.39 is 0 Å². The summed E-state index contributed by atoms with van der Waals surface area (Å²) in [7, 11) is 1.30. The van der Waals surface area contributed by atoms with Crippen LogP contribution in [0.2, 0.25) is 0 Å². The number of carbonyl (C=O) groups excluding carboxylic acids is 2. The first-order valence-corrected chi connectivity index (χ1v) is 4.59. The van der Waals surface area contributed by atoms with Crippen LogP contribution < -0.4 is 5.73 Å². The maximum absolute atomic E-state index is 11.5. The van der Waals surface area contributed by atoms with Gasteiger partial charge in [-0.1, -0.05) is 0 Å². The minimum Gasteiger partial charge on any atom is -0.469 e. The number of benzene rings is 1. The number of ether oxygens (including phenoxy) is 1. The Labute approximate surface area is 88.0 Å². The first-order chi connectivity index (χ1) is 7.13. The van der Waals surface area contributed by atoms with Crippen LogP contribution in [0.15, 0.2) is 24.3 Å². The van der Waals surface area contributed by atoms with E-state index in [0.717, 1.165) is 0 Å². The second-order valence-electron chi connectivity index (χ2n) is 3.12. The Bertz CT molecular complexity index is 357. The highest BCUT2D eigenvalue weighted by atomic mass is 16.5. The number of carbonyl (C=O) groups is 2. The van der Waals surface area contributed by atoms with Gasteiger partial charge in [0, 0.05) is 17.7 Å². The van der Waals surface area contributed by atoms with E-state index in [9.17, 15) is 9.59 Å². The summed E-state index contributed by atoms with van der Waals surface area (Å²) >= 11 is 0. The number of rotatable bonds is 4. The van der Waals surface area contributed by atoms with Crippen molar-refractivity contribution in [3.8, 4) is 0 Å². The first-order valence-electron chi connectivity index (χ1n) is 4.59. The molecular weight excluding hydrogens is 194 g/mol. The third-order valence-corrected chi connectivity index (χ3v) is 2.02. The van der Waals surface area contributed by atoms with Crippen LogP contribution in [0.25, 0.3) is 0 Å². The second kappa shape index (κ2) is 5.14. The Kier molecular flexibility index (Phi) is 3.85. The van der Waals surface area contributed by atoms with Crippen LogP contribution in [-0.4, -0.2) is 18.9 Å². The summed E-state index contributed by atoms with van der Waals surface area (Å²) in [6, 6.07) is 6.61. The van der Waals surface area contributed by atoms with Crippen molar-refractivity contribution in [2.75, 3.05) is 12.8 Å². The number of anilines is 1. The molecule has 1 aromatic rings. The van der Waals surface area contributed by atoms with Gasteiger partial charge in [0.05, 0.1) is 13.5 Å². The summed E-state index contributed by atoms with van der Waals surface area (Å²) in [5.74, 6) is -0.459. The molecular formula is C11H13NO3. The quantitative estimate of drug-likeness (QED) is 0.460. The van der Waals surface area contributed by atoms with Crippen molar-refractivity contribution < 1.29 is 14.3 Å². The Hall–Kier alpha value is -1.84. The van der Waals surface area contributed by atoms with Crippen molar-refractivity contribution in [3.63, 3.8) is 0 Å². The molecule has 0 bridgehead atoms. The van der Waals surface area contributed by atoms with Crippen molar-refractivity contribution in [2.45, 2.75) is 12.8 Å². The summed E-state index contributed by atoms with van der Waals surface area (Å²) in [4.78, 5) is 22.3. The molecule has 0 spiro atoms. The van der Waals surface area contributed by atoms with Gasteiger partial charge < -0.3 is 10.5 Å². The predicted octanol–water partition coefficient (Wildman–Crippen LogP) is 1.40. The molecule has 1 rings (SSSR count). The Morgan fingerprint density at radius 2 is 1.80 bits per heavy atom. The molecule has 0 aliphatic rings. The molecule has 80 valence electrons. The van der Waals surface area contributed by atoms with Gasteiger partial charge in [0.2, 0.25) is 0 Å². The molecule has 2 N–H and O–H groups in total. The van der Waals surface area contributed by atoms with E-state index >= 15 is 0 Å². The summed E-state index contributed by atoms with van der Waals surface area (Å²) in [5, 5.41) is 0. The lowest BCUT2D eigenvalue weighted by molar-refractivity contribution is -0.140. The summed E-state index contributed by atoms with van der Waals surface area (Å²) in [5.41, 5.74) is 6.66. The fourth-order valence-electron chi connectivity index (χ4n) is 1.13. The van der Waals surface area contributed by atoms with Crippen LogP contribution in [0.3, 0.4) is 0 Å². The summed E-state index contributed by atoms with van der Waals surface area (Å²) in [6.45, 7) is 0. The van der Waals surface area contributed by atoms with Crippen LogP contribution in [0, 0.1) is 0 Å². The molecule has 0 saturated carbocycles. The fraction of sp³-hybridized carbons (Fsp3) is 0.273. The van der Waals surface area contributed by atoms with E-state index in [-0.39, 0.29) is 24.6 Å². The molecule has 0 heterocycles.